The Kier molecular flexibility index (Phi) is 5.41. The lowest BCUT2D eigenvalue weighted by Crippen LogP contribution is -2.40. The number of aromatic nitrogens is 2. The van der Waals surface area contributed by atoms with Crippen LogP contribution in [0.25, 0.3) is 10.2 Å². The largest absolute Gasteiger partial charge is 0.478 e. The average Bonchev–Trinajstić information content (AvgIpc) is 3.02. The van der Waals surface area contributed by atoms with E-state index in [4.69, 9.17) is 0 Å². The van der Waals surface area contributed by atoms with Crippen molar-refractivity contribution in [1.82, 2.24) is 14.9 Å². The highest BCUT2D eigenvalue weighted by atomic mass is 32.1. The molecular formula is C18H23N3O4S. The maximum absolute atomic E-state index is 13.0. The molecule has 1 saturated carbocycles. The molecule has 0 spiro atoms. The number of carbonyl (C=O) groups excluding carboxylic acids is 1. The van der Waals surface area contributed by atoms with E-state index < -0.39 is 11.5 Å². The monoisotopic (exact) mass is 377 g/mol. The molecule has 1 aliphatic carbocycles. The molecule has 0 bridgehead atoms. The van der Waals surface area contributed by atoms with Crippen LogP contribution < -0.4 is 10.9 Å². The third-order valence-electron chi connectivity index (χ3n) is 4.74. The van der Waals surface area contributed by atoms with Crippen molar-refractivity contribution in [3.8, 4) is 0 Å². The van der Waals surface area contributed by atoms with Crippen molar-refractivity contribution in [3.05, 3.63) is 27.1 Å². The Morgan fingerprint density at radius 1 is 1.35 bits per heavy atom. The molecule has 2 heterocycles. The van der Waals surface area contributed by atoms with Gasteiger partial charge in [0, 0.05) is 17.3 Å². The van der Waals surface area contributed by atoms with Crippen LogP contribution in [0.5, 0.6) is 0 Å². The standard InChI is InChI=1S/C18H23N3O4S/c1-10(2)15-20-16-14(12(9-26-16)18(24)25)17(23)21(15)8-13(22)19-11-6-4-3-5-7-11/h9-11H,3-8H2,1-2H3,(H,19,22)(H,24,25). The van der Waals surface area contributed by atoms with Gasteiger partial charge in [-0.15, -0.1) is 11.3 Å². The van der Waals surface area contributed by atoms with E-state index in [1.165, 1.54) is 16.4 Å². The van der Waals surface area contributed by atoms with Crippen molar-refractivity contribution in [2.75, 3.05) is 0 Å². The first kappa shape index (κ1) is 18.6. The average molecular weight is 377 g/mol. The zero-order chi connectivity index (χ0) is 18.8. The lowest BCUT2D eigenvalue weighted by atomic mass is 9.95. The summed E-state index contributed by atoms with van der Waals surface area (Å²) in [5.41, 5.74) is -0.518. The molecule has 0 aliphatic heterocycles. The van der Waals surface area contributed by atoms with Gasteiger partial charge in [0.05, 0.1) is 10.9 Å². The molecule has 2 aromatic heterocycles. The van der Waals surface area contributed by atoms with E-state index in [1.54, 1.807) is 0 Å². The van der Waals surface area contributed by atoms with Crippen molar-refractivity contribution in [2.24, 2.45) is 0 Å². The van der Waals surface area contributed by atoms with Crippen LogP contribution >= 0.6 is 11.3 Å². The summed E-state index contributed by atoms with van der Waals surface area (Å²) in [6.45, 7) is 3.66. The van der Waals surface area contributed by atoms with Crippen molar-refractivity contribution < 1.29 is 14.7 Å². The molecule has 0 radical (unpaired) electrons. The number of fused-ring (bicyclic) bond motifs is 1. The summed E-state index contributed by atoms with van der Waals surface area (Å²) in [5, 5.41) is 13.8. The summed E-state index contributed by atoms with van der Waals surface area (Å²) < 4.78 is 1.32. The van der Waals surface area contributed by atoms with Crippen molar-refractivity contribution >= 4 is 33.4 Å². The van der Waals surface area contributed by atoms with Gasteiger partial charge in [-0.2, -0.15) is 0 Å². The van der Waals surface area contributed by atoms with Gasteiger partial charge in [0.25, 0.3) is 5.56 Å². The fraction of sp³-hybridized carbons (Fsp3) is 0.556. The molecule has 8 heteroatoms. The summed E-state index contributed by atoms with van der Waals surface area (Å²) in [5.74, 6) is -0.954. The third kappa shape index (κ3) is 3.65. The maximum atomic E-state index is 13.0. The van der Waals surface area contributed by atoms with E-state index in [0.717, 1.165) is 37.0 Å². The van der Waals surface area contributed by atoms with Gasteiger partial charge in [0.1, 0.15) is 17.2 Å². The highest BCUT2D eigenvalue weighted by Crippen LogP contribution is 2.24. The van der Waals surface area contributed by atoms with Crippen LogP contribution in [0, 0.1) is 0 Å². The Hall–Kier alpha value is -2.22. The molecule has 3 rings (SSSR count). The Labute approximate surface area is 155 Å². The minimum absolute atomic E-state index is 0.0563. The van der Waals surface area contributed by atoms with E-state index in [-0.39, 0.29) is 35.4 Å². The number of amides is 1. The Morgan fingerprint density at radius 3 is 2.65 bits per heavy atom. The predicted octanol–water partition coefficient (Wildman–Crippen LogP) is 2.73. The van der Waals surface area contributed by atoms with Crippen LogP contribution in [0.2, 0.25) is 0 Å². The number of carboxylic acids is 1. The van der Waals surface area contributed by atoms with Gasteiger partial charge in [-0.05, 0) is 12.8 Å². The molecule has 1 fully saturated rings. The van der Waals surface area contributed by atoms with Crippen LogP contribution in [0.15, 0.2) is 10.2 Å². The van der Waals surface area contributed by atoms with Gasteiger partial charge in [0.15, 0.2) is 0 Å². The number of nitrogens with one attached hydrogen (secondary N) is 1. The minimum atomic E-state index is -1.16. The van der Waals surface area contributed by atoms with Gasteiger partial charge < -0.3 is 10.4 Å². The summed E-state index contributed by atoms with van der Waals surface area (Å²) in [7, 11) is 0. The van der Waals surface area contributed by atoms with Gasteiger partial charge in [-0.1, -0.05) is 33.1 Å². The lowest BCUT2D eigenvalue weighted by molar-refractivity contribution is -0.122. The van der Waals surface area contributed by atoms with Crippen LogP contribution in [-0.2, 0) is 11.3 Å². The number of hydrogen-bond acceptors (Lipinski definition) is 5. The zero-order valence-electron chi connectivity index (χ0n) is 14.9. The summed E-state index contributed by atoms with van der Waals surface area (Å²) in [4.78, 5) is 41.7. The number of carbonyl (C=O) groups is 2. The first-order chi connectivity index (χ1) is 12.4. The minimum Gasteiger partial charge on any atom is -0.478 e. The summed E-state index contributed by atoms with van der Waals surface area (Å²) in [6, 6.07) is 0.155. The smallest absolute Gasteiger partial charge is 0.337 e. The van der Waals surface area contributed by atoms with Crippen LogP contribution in [-0.4, -0.2) is 32.6 Å². The van der Waals surface area contributed by atoms with E-state index in [9.17, 15) is 19.5 Å². The lowest BCUT2D eigenvalue weighted by Gasteiger charge is -2.23. The Morgan fingerprint density at radius 2 is 2.04 bits per heavy atom. The van der Waals surface area contributed by atoms with Gasteiger partial charge >= 0.3 is 5.97 Å². The number of nitrogens with zero attached hydrogens (tertiary/aromatic N) is 2. The first-order valence-corrected chi connectivity index (χ1v) is 9.81. The number of aromatic carboxylic acids is 1. The number of carboxylic acid groups (broad SMARTS) is 1. The van der Waals surface area contributed by atoms with E-state index >= 15 is 0 Å². The summed E-state index contributed by atoms with van der Waals surface area (Å²) >= 11 is 1.14. The molecule has 0 saturated heterocycles. The molecule has 0 unspecified atom stereocenters. The van der Waals surface area contributed by atoms with Crippen LogP contribution in [0.4, 0.5) is 0 Å². The van der Waals surface area contributed by atoms with Crippen molar-refractivity contribution in [2.45, 2.75) is 64.5 Å². The zero-order valence-corrected chi connectivity index (χ0v) is 15.8. The van der Waals surface area contributed by atoms with E-state index in [1.807, 2.05) is 13.8 Å². The van der Waals surface area contributed by atoms with Crippen molar-refractivity contribution in [1.29, 1.82) is 0 Å². The molecule has 1 amide bonds. The van der Waals surface area contributed by atoms with Gasteiger partial charge in [-0.25, -0.2) is 9.78 Å². The topological polar surface area (TPSA) is 101 Å². The molecule has 2 aromatic rings. The van der Waals surface area contributed by atoms with Crippen LogP contribution in [0.3, 0.4) is 0 Å². The van der Waals surface area contributed by atoms with Crippen LogP contribution in [0.1, 0.15) is 68.1 Å². The molecular weight excluding hydrogens is 354 g/mol. The first-order valence-electron chi connectivity index (χ1n) is 8.93. The Balaban J connectivity index is 1.97. The summed E-state index contributed by atoms with van der Waals surface area (Å²) in [6.07, 6.45) is 5.32. The second kappa shape index (κ2) is 7.57. The third-order valence-corrected chi connectivity index (χ3v) is 5.61. The van der Waals surface area contributed by atoms with Crippen molar-refractivity contribution in [3.63, 3.8) is 0 Å². The number of hydrogen-bond donors (Lipinski definition) is 2. The maximum Gasteiger partial charge on any atom is 0.337 e. The molecule has 26 heavy (non-hydrogen) atoms. The fourth-order valence-electron chi connectivity index (χ4n) is 3.45. The van der Waals surface area contributed by atoms with E-state index in [2.05, 4.69) is 10.3 Å². The molecule has 2 N–H and O–H groups in total. The Bertz CT molecular complexity index is 894. The number of thiophene rings is 1. The molecule has 0 aromatic carbocycles. The predicted molar refractivity (Wildman–Crippen MR) is 99.9 cm³/mol. The van der Waals surface area contributed by atoms with E-state index in [0.29, 0.717) is 10.7 Å². The highest BCUT2D eigenvalue weighted by molar-refractivity contribution is 7.17. The van der Waals surface area contributed by atoms with Gasteiger partial charge in [-0.3, -0.25) is 14.2 Å². The molecule has 0 atom stereocenters. The second-order valence-electron chi connectivity index (χ2n) is 7.05. The normalized spacial score (nSPS) is 15.5. The molecule has 1 aliphatic rings. The SMILES string of the molecule is CC(C)c1nc2scc(C(=O)O)c2c(=O)n1CC(=O)NC1CCCCC1. The van der Waals surface area contributed by atoms with Gasteiger partial charge in [0.2, 0.25) is 5.91 Å². The fourth-order valence-corrected chi connectivity index (χ4v) is 4.36. The quantitative estimate of drug-likeness (QED) is 0.834. The highest BCUT2D eigenvalue weighted by Gasteiger charge is 2.23. The molecule has 140 valence electrons. The second-order valence-corrected chi connectivity index (χ2v) is 7.91. The number of rotatable bonds is 5. The molecule has 7 nitrogen and oxygen atoms in total.